The molecule has 0 aromatic heterocycles. The molecule has 0 radical (unpaired) electrons. The number of nitrogens with two attached hydrogens (primary N) is 1. The van der Waals surface area contributed by atoms with Crippen molar-refractivity contribution >= 4 is 5.97 Å². The lowest BCUT2D eigenvalue weighted by Gasteiger charge is -2.23. The van der Waals surface area contributed by atoms with E-state index < -0.39 is 0 Å². The van der Waals surface area contributed by atoms with Crippen LogP contribution in [0.1, 0.15) is 32.6 Å². The van der Waals surface area contributed by atoms with Gasteiger partial charge in [0.15, 0.2) is 0 Å². The van der Waals surface area contributed by atoms with Crippen molar-refractivity contribution < 1.29 is 14.3 Å². The Kier molecular flexibility index (Phi) is 7.60. The van der Waals surface area contributed by atoms with Crippen molar-refractivity contribution in [3.63, 3.8) is 0 Å². The number of nitrogens with zero attached hydrogens (tertiary/aromatic N) is 1. The third kappa shape index (κ3) is 5.92. The highest BCUT2D eigenvalue weighted by molar-refractivity contribution is 5.89. The Bertz CT molecular complexity index is 953. The van der Waals surface area contributed by atoms with Crippen LogP contribution in [0.25, 0.3) is 0 Å². The van der Waals surface area contributed by atoms with Crippen LogP contribution in [0, 0.1) is 0 Å². The maximum atomic E-state index is 11.7. The van der Waals surface area contributed by atoms with Crippen LogP contribution in [0.3, 0.4) is 0 Å². The normalized spacial score (nSPS) is 10.8. The standard InChI is InChI=1S/C25H28N2O3/c1-29-24-5-3-4-22(14-24)18-27(16-20-8-6-19(15-26)7-9-20)17-21-10-12-23(13-11-21)25(28)30-2/h3-14H,15-18,26H2,1-2H3. The maximum Gasteiger partial charge on any atom is 0.337 e. The molecule has 3 rings (SSSR count). The summed E-state index contributed by atoms with van der Waals surface area (Å²) in [4.78, 5) is 14.0. The lowest BCUT2D eigenvalue weighted by Crippen LogP contribution is -2.22. The summed E-state index contributed by atoms with van der Waals surface area (Å²) >= 11 is 0. The first-order valence-electron chi connectivity index (χ1n) is 9.91. The van der Waals surface area contributed by atoms with Gasteiger partial charge in [0.25, 0.3) is 0 Å². The fraction of sp³-hybridized carbons (Fsp3) is 0.240. The first-order valence-corrected chi connectivity index (χ1v) is 9.91. The molecule has 156 valence electrons. The third-order valence-electron chi connectivity index (χ3n) is 4.99. The Hall–Kier alpha value is -3.15. The summed E-state index contributed by atoms with van der Waals surface area (Å²) < 4.78 is 10.2. The van der Waals surface area contributed by atoms with E-state index in [1.807, 2.05) is 24.3 Å². The van der Waals surface area contributed by atoms with Crippen LogP contribution in [-0.4, -0.2) is 25.1 Å². The van der Waals surface area contributed by atoms with Crippen LogP contribution in [0.4, 0.5) is 0 Å². The van der Waals surface area contributed by atoms with E-state index >= 15 is 0 Å². The Morgan fingerprint density at radius 3 is 1.93 bits per heavy atom. The number of hydrogen-bond donors (Lipinski definition) is 1. The van der Waals surface area contributed by atoms with Gasteiger partial charge in [-0.15, -0.1) is 0 Å². The highest BCUT2D eigenvalue weighted by atomic mass is 16.5. The van der Waals surface area contributed by atoms with Crippen LogP contribution in [0.5, 0.6) is 5.75 Å². The number of carbonyl (C=O) groups excluding carboxylic acids is 1. The van der Waals surface area contributed by atoms with E-state index in [2.05, 4.69) is 41.3 Å². The van der Waals surface area contributed by atoms with Gasteiger partial charge in [-0.25, -0.2) is 4.79 Å². The number of hydrogen-bond acceptors (Lipinski definition) is 5. The molecule has 5 heteroatoms. The minimum Gasteiger partial charge on any atom is -0.497 e. The van der Waals surface area contributed by atoms with E-state index in [0.29, 0.717) is 12.1 Å². The maximum absolute atomic E-state index is 11.7. The van der Waals surface area contributed by atoms with E-state index in [4.69, 9.17) is 15.2 Å². The number of esters is 1. The SMILES string of the molecule is COC(=O)c1ccc(CN(Cc2ccc(CN)cc2)Cc2cccc(OC)c2)cc1. The molecule has 2 N–H and O–H groups in total. The minimum atomic E-state index is -0.324. The monoisotopic (exact) mass is 404 g/mol. The fourth-order valence-electron chi connectivity index (χ4n) is 3.36. The molecule has 0 bridgehead atoms. The molecule has 0 saturated heterocycles. The zero-order chi connectivity index (χ0) is 21.3. The first kappa shape index (κ1) is 21.6. The number of benzene rings is 3. The lowest BCUT2D eigenvalue weighted by atomic mass is 10.1. The van der Waals surface area contributed by atoms with Gasteiger partial charge >= 0.3 is 5.97 Å². The Balaban J connectivity index is 1.79. The average molecular weight is 405 g/mol. The van der Waals surface area contributed by atoms with Gasteiger partial charge in [0.2, 0.25) is 0 Å². The summed E-state index contributed by atoms with van der Waals surface area (Å²) in [5.41, 5.74) is 10.9. The highest BCUT2D eigenvalue weighted by Crippen LogP contribution is 2.19. The summed E-state index contributed by atoms with van der Waals surface area (Å²) in [6, 6.07) is 24.1. The minimum absolute atomic E-state index is 0.324. The summed E-state index contributed by atoms with van der Waals surface area (Å²) in [7, 11) is 3.07. The topological polar surface area (TPSA) is 64.8 Å². The smallest absolute Gasteiger partial charge is 0.337 e. The molecule has 0 heterocycles. The molecular formula is C25H28N2O3. The Morgan fingerprint density at radius 2 is 1.37 bits per heavy atom. The van der Waals surface area contributed by atoms with Crippen LogP contribution >= 0.6 is 0 Å². The van der Waals surface area contributed by atoms with Gasteiger partial charge in [-0.2, -0.15) is 0 Å². The van der Waals surface area contributed by atoms with Crippen LogP contribution in [-0.2, 0) is 30.9 Å². The van der Waals surface area contributed by atoms with E-state index in [1.54, 1.807) is 19.2 Å². The van der Waals surface area contributed by atoms with Crippen molar-refractivity contribution in [1.29, 1.82) is 0 Å². The van der Waals surface area contributed by atoms with Gasteiger partial charge in [0.1, 0.15) is 5.75 Å². The summed E-state index contributed by atoms with van der Waals surface area (Å²) in [5, 5.41) is 0. The zero-order valence-corrected chi connectivity index (χ0v) is 17.5. The van der Waals surface area contributed by atoms with Crippen molar-refractivity contribution in [3.8, 4) is 5.75 Å². The summed E-state index contributed by atoms with van der Waals surface area (Å²) in [6.07, 6.45) is 0. The van der Waals surface area contributed by atoms with E-state index in [1.165, 1.54) is 18.2 Å². The quantitative estimate of drug-likeness (QED) is 0.543. The second-order valence-corrected chi connectivity index (χ2v) is 7.21. The van der Waals surface area contributed by atoms with Gasteiger partial charge < -0.3 is 15.2 Å². The van der Waals surface area contributed by atoms with Crippen molar-refractivity contribution in [2.45, 2.75) is 26.2 Å². The number of rotatable bonds is 9. The molecule has 0 spiro atoms. The molecule has 0 aliphatic heterocycles. The molecule has 0 unspecified atom stereocenters. The highest BCUT2D eigenvalue weighted by Gasteiger charge is 2.11. The van der Waals surface area contributed by atoms with Gasteiger partial charge in [0, 0.05) is 26.2 Å². The number of ether oxygens (including phenoxy) is 2. The predicted molar refractivity (Wildman–Crippen MR) is 118 cm³/mol. The van der Waals surface area contributed by atoms with Crippen LogP contribution in [0.2, 0.25) is 0 Å². The number of carbonyl (C=O) groups is 1. The molecule has 5 nitrogen and oxygen atoms in total. The van der Waals surface area contributed by atoms with Gasteiger partial charge in [-0.05, 0) is 46.5 Å². The molecule has 0 atom stereocenters. The molecule has 0 amide bonds. The molecule has 3 aromatic carbocycles. The molecule has 0 aliphatic carbocycles. The van der Waals surface area contributed by atoms with E-state index in [-0.39, 0.29) is 5.97 Å². The van der Waals surface area contributed by atoms with Crippen LogP contribution < -0.4 is 10.5 Å². The summed E-state index contributed by atoms with van der Waals surface area (Å²) in [6.45, 7) is 2.85. The Morgan fingerprint density at radius 1 is 0.800 bits per heavy atom. The molecule has 30 heavy (non-hydrogen) atoms. The predicted octanol–water partition coefficient (Wildman–Crippen LogP) is 4.14. The van der Waals surface area contributed by atoms with E-state index in [9.17, 15) is 4.79 Å². The second-order valence-electron chi connectivity index (χ2n) is 7.21. The third-order valence-corrected chi connectivity index (χ3v) is 4.99. The molecular weight excluding hydrogens is 376 g/mol. The van der Waals surface area contributed by atoms with Crippen molar-refractivity contribution in [1.82, 2.24) is 4.90 Å². The average Bonchev–Trinajstić information content (AvgIpc) is 2.79. The van der Waals surface area contributed by atoms with Crippen molar-refractivity contribution in [2.75, 3.05) is 14.2 Å². The van der Waals surface area contributed by atoms with Gasteiger partial charge in [0.05, 0.1) is 19.8 Å². The molecule has 0 saturated carbocycles. The lowest BCUT2D eigenvalue weighted by molar-refractivity contribution is 0.0600. The van der Waals surface area contributed by atoms with Crippen molar-refractivity contribution in [2.24, 2.45) is 5.73 Å². The first-order chi connectivity index (χ1) is 14.6. The molecule has 0 fully saturated rings. The molecule has 3 aromatic rings. The van der Waals surface area contributed by atoms with Gasteiger partial charge in [-0.1, -0.05) is 48.5 Å². The van der Waals surface area contributed by atoms with E-state index in [0.717, 1.165) is 36.5 Å². The van der Waals surface area contributed by atoms with Gasteiger partial charge in [-0.3, -0.25) is 4.90 Å². The molecule has 0 aliphatic rings. The Labute approximate surface area is 178 Å². The largest absolute Gasteiger partial charge is 0.497 e. The fourth-order valence-corrected chi connectivity index (χ4v) is 3.36. The van der Waals surface area contributed by atoms with Crippen molar-refractivity contribution in [3.05, 3.63) is 101 Å². The van der Waals surface area contributed by atoms with Crippen LogP contribution in [0.15, 0.2) is 72.8 Å². The summed E-state index contributed by atoms with van der Waals surface area (Å²) in [5.74, 6) is 0.525. The second kappa shape index (κ2) is 10.6. The zero-order valence-electron chi connectivity index (χ0n) is 17.5. The number of methoxy groups -OCH3 is 2.